The van der Waals surface area contributed by atoms with Crippen molar-refractivity contribution >= 4 is 0 Å². The summed E-state index contributed by atoms with van der Waals surface area (Å²) in [5.74, 6) is 0.677. The van der Waals surface area contributed by atoms with Gasteiger partial charge in [-0.15, -0.1) is 0 Å². The van der Waals surface area contributed by atoms with Gasteiger partial charge in [0, 0.05) is 18.3 Å². The van der Waals surface area contributed by atoms with Gasteiger partial charge in [0.25, 0.3) is 0 Å². The predicted octanol–water partition coefficient (Wildman–Crippen LogP) is 1.33. The Balaban J connectivity index is 1.83. The molecule has 0 spiro atoms. The fourth-order valence-corrected chi connectivity index (χ4v) is 2.48. The van der Waals surface area contributed by atoms with E-state index < -0.39 is 0 Å². The summed E-state index contributed by atoms with van der Waals surface area (Å²) in [4.78, 5) is 2.47. The van der Waals surface area contributed by atoms with Crippen molar-refractivity contribution in [1.82, 2.24) is 15.1 Å². The first kappa shape index (κ1) is 11.6. The lowest BCUT2D eigenvalue weighted by Crippen LogP contribution is -2.47. The van der Waals surface area contributed by atoms with Crippen molar-refractivity contribution < 1.29 is 0 Å². The highest BCUT2D eigenvalue weighted by molar-refractivity contribution is 5.11. The van der Waals surface area contributed by atoms with Crippen LogP contribution >= 0.6 is 0 Å². The molecule has 0 unspecified atom stereocenters. The van der Waals surface area contributed by atoms with Crippen LogP contribution in [-0.2, 0) is 0 Å². The third-order valence-corrected chi connectivity index (χ3v) is 3.21. The lowest BCUT2D eigenvalue weighted by molar-refractivity contribution is 0.179. The molecular weight excluding hydrogens is 200 g/mol. The number of aromatic nitrogens is 2. The van der Waals surface area contributed by atoms with Gasteiger partial charge in [-0.05, 0) is 51.3 Å². The van der Waals surface area contributed by atoms with Crippen LogP contribution in [0, 0.1) is 0 Å². The lowest BCUT2D eigenvalue weighted by Gasteiger charge is -2.35. The van der Waals surface area contributed by atoms with Gasteiger partial charge < -0.3 is 10.6 Å². The molecule has 1 saturated heterocycles. The van der Waals surface area contributed by atoms with Crippen molar-refractivity contribution in [3.05, 3.63) is 18.0 Å². The third kappa shape index (κ3) is 3.06. The third-order valence-electron chi connectivity index (χ3n) is 3.21. The average Bonchev–Trinajstić information content (AvgIpc) is 2.69. The quantitative estimate of drug-likeness (QED) is 0.811. The topological polar surface area (TPSA) is 57.9 Å². The zero-order valence-corrected chi connectivity index (χ0v) is 10.2. The van der Waals surface area contributed by atoms with E-state index >= 15 is 0 Å². The lowest BCUT2D eigenvalue weighted by atomic mass is 9.91. The van der Waals surface area contributed by atoms with E-state index in [1.807, 2.05) is 12.4 Å². The van der Waals surface area contributed by atoms with Crippen LogP contribution < -0.4 is 5.73 Å². The summed E-state index contributed by atoms with van der Waals surface area (Å²) in [5, 5.41) is 6.91. The largest absolute Gasteiger partial charge is 0.324 e. The number of hydrogen-bond acceptors (Lipinski definition) is 3. The van der Waals surface area contributed by atoms with Crippen molar-refractivity contribution in [1.29, 1.82) is 0 Å². The molecule has 90 valence electrons. The molecule has 0 atom stereocenters. The normalized spacial score (nSPS) is 20.2. The number of nitrogens with zero attached hydrogens (tertiary/aromatic N) is 2. The molecule has 2 heterocycles. The smallest absolute Gasteiger partial charge is 0.0522 e. The second-order valence-electron chi connectivity index (χ2n) is 5.57. The number of likely N-dealkylation sites (tertiary alicyclic amines) is 1. The van der Waals surface area contributed by atoms with Crippen LogP contribution in [0.3, 0.4) is 0 Å². The van der Waals surface area contributed by atoms with Crippen LogP contribution in [0.4, 0.5) is 0 Å². The molecule has 1 aromatic heterocycles. The molecule has 4 nitrogen and oxygen atoms in total. The highest BCUT2D eigenvalue weighted by Crippen LogP contribution is 2.27. The van der Waals surface area contributed by atoms with E-state index in [4.69, 9.17) is 5.73 Å². The summed E-state index contributed by atoms with van der Waals surface area (Å²) < 4.78 is 0. The summed E-state index contributed by atoms with van der Waals surface area (Å²) in [5.41, 5.74) is 7.31. The summed E-state index contributed by atoms with van der Waals surface area (Å²) in [6.45, 7) is 7.47. The number of nitrogens with one attached hydrogen (secondary N) is 1. The second kappa shape index (κ2) is 4.55. The SMILES string of the molecule is CC(C)(N)CN1CCC(c2cn[nH]c2)CC1. The molecule has 0 aromatic carbocycles. The van der Waals surface area contributed by atoms with Gasteiger partial charge in [-0.2, -0.15) is 5.10 Å². The number of hydrogen-bond donors (Lipinski definition) is 2. The fraction of sp³-hybridized carbons (Fsp3) is 0.750. The highest BCUT2D eigenvalue weighted by Gasteiger charge is 2.24. The van der Waals surface area contributed by atoms with E-state index in [0.29, 0.717) is 5.92 Å². The van der Waals surface area contributed by atoms with Crippen LogP contribution in [-0.4, -0.2) is 40.3 Å². The number of rotatable bonds is 3. The molecule has 0 aliphatic carbocycles. The van der Waals surface area contributed by atoms with Crippen LogP contribution in [0.25, 0.3) is 0 Å². The summed E-state index contributed by atoms with van der Waals surface area (Å²) in [7, 11) is 0. The van der Waals surface area contributed by atoms with Crippen molar-refractivity contribution in [2.75, 3.05) is 19.6 Å². The van der Waals surface area contributed by atoms with Crippen LogP contribution in [0.1, 0.15) is 38.2 Å². The number of aromatic amines is 1. The number of nitrogens with two attached hydrogens (primary N) is 1. The monoisotopic (exact) mass is 222 g/mol. The van der Waals surface area contributed by atoms with Gasteiger partial charge in [-0.3, -0.25) is 5.10 Å². The standard InChI is InChI=1S/C12H22N4/c1-12(2,13)9-16-5-3-10(4-6-16)11-7-14-15-8-11/h7-8,10H,3-6,9,13H2,1-2H3,(H,14,15). The molecule has 3 N–H and O–H groups in total. The molecular formula is C12H22N4. The van der Waals surface area contributed by atoms with Crippen molar-refractivity contribution in [2.24, 2.45) is 5.73 Å². The van der Waals surface area contributed by atoms with Gasteiger partial charge in [-0.1, -0.05) is 0 Å². The van der Waals surface area contributed by atoms with Gasteiger partial charge in [0.05, 0.1) is 6.20 Å². The van der Waals surface area contributed by atoms with E-state index in [-0.39, 0.29) is 5.54 Å². The predicted molar refractivity (Wildman–Crippen MR) is 65.3 cm³/mol. The maximum Gasteiger partial charge on any atom is 0.0522 e. The van der Waals surface area contributed by atoms with Gasteiger partial charge in [0.15, 0.2) is 0 Å². The first-order chi connectivity index (χ1) is 7.54. The first-order valence-electron chi connectivity index (χ1n) is 6.04. The van der Waals surface area contributed by atoms with Crippen molar-refractivity contribution in [2.45, 2.75) is 38.1 Å². The maximum absolute atomic E-state index is 6.04. The Morgan fingerprint density at radius 1 is 1.50 bits per heavy atom. The van der Waals surface area contributed by atoms with E-state index in [0.717, 1.165) is 19.6 Å². The van der Waals surface area contributed by atoms with Crippen LogP contribution in [0.5, 0.6) is 0 Å². The molecule has 2 rings (SSSR count). The Bertz CT molecular complexity index is 304. The van der Waals surface area contributed by atoms with E-state index in [1.54, 1.807) is 0 Å². The molecule has 1 fully saturated rings. The summed E-state index contributed by atoms with van der Waals surface area (Å²) in [6, 6.07) is 0. The van der Waals surface area contributed by atoms with E-state index in [2.05, 4.69) is 28.9 Å². The molecule has 0 bridgehead atoms. The van der Waals surface area contributed by atoms with Gasteiger partial charge in [-0.25, -0.2) is 0 Å². The first-order valence-corrected chi connectivity index (χ1v) is 6.04. The Morgan fingerprint density at radius 2 is 2.19 bits per heavy atom. The van der Waals surface area contributed by atoms with Crippen molar-refractivity contribution in [3.63, 3.8) is 0 Å². The zero-order valence-electron chi connectivity index (χ0n) is 10.2. The minimum Gasteiger partial charge on any atom is -0.324 e. The zero-order chi connectivity index (χ0) is 11.6. The Hall–Kier alpha value is -0.870. The van der Waals surface area contributed by atoms with E-state index in [1.165, 1.54) is 18.4 Å². The molecule has 16 heavy (non-hydrogen) atoms. The molecule has 4 heteroatoms. The number of piperidine rings is 1. The second-order valence-corrected chi connectivity index (χ2v) is 5.57. The van der Waals surface area contributed by atoms with Gasteiger partial charge in [0.1, 0.15) is 0 Å². The molecule has 1 aromatic rings. The molecule has 1 aliphatic heterocycles. The molecule has 1 aliphatic rings. The molecule has 0 amide bonds. The Morgan fingerprint density at radius 3 is 2.69 bits per heavy atom. The highest BCUT2D eigenvalue weighted by atomic mass is 15.1. The van der Waals surface area contributed by atoms with Gasteiger partial charge >= 0.3 is 0 Å². The minimum absolute atomic E-state index is 0.0809. The Labute approximate surface area is 97.2 Å². The van der Waals surface area contributed by atoms with Crippen molar-refractivity contribution in [3.8, 4) is 0 Å². The maximum atomic E-state index is 6.04. The Kier molecular flexibility index (Phi) is 3.30. The van der Waals surface area contributed by atoms with Crippen LogP contribution in [0.15, 0.2) is 12.4 Å². The summed E-state index contributed by atoms with van der Waals surface area (Å²) in [6.07, 6.45) is 6.41. The summed E-state index contributed by atoms with van der Waals surface area (Å²) >= 11 is 0. The number of H-pyrrole nitrogens is 1. The fourth-order valence-electron chi connectivity index (χ4n) is 2.48. The van der Waals surface area contributed by atoms with E-state index in [9.17, 15) is 0 Å². The molecule has 0 saturated carbocycles. The minimum atomic E-state index is -0.0809. The van der Waals surface area contributed by atoms with Crippen LogP contribution in [0.2, 0.25) is 0 Å². The molecule has 0 radical (unpaired) electrons. The average molecular weight is 222 g/mol. The van der Waals surface area contributed by atoms with Gasteiger partial charge in [0.2, 0.25) is 0 Å².